The predicted molar refractivity (Wildman–Crippen MR) is 109 cm³/mol. The van der Waals surface area contributed by atoms with E-state index < -0.39 is 26.9 Å². The van der Waals surface area contributed by atoms with Crippen LogP contribution in [0.3, 0.4) is 0 Å². The maximum absolute atomic E-state index is 12.8. The zero-order chi connectivity index (χ0) is 21.2. The number of nitro groups is 1. The predicted octanol–water partition coefficient (Wildman–Crippen LogP) is 3.66. The minimum absolute atomic E-state index is 0.0715. The van der Waals surface area contributed by atoms with Crippen LogP contribution in [0.2, 0.25) is 5.02 Å². The third-order valence-corrected chi connectivity index (χ3v) is 5.89. The summed E-state index contributed by atoms with van der Waals surface area (Å²) in [5, 5.41) is 14.2. The van der Waals surface area contributed by atoms with Crippen molar-refractivity contribution in [2.45, 2.75) is 26.8 Å². The number of benzene rings is 2. The Morgan fingerprint density at radius 1 is 1.25 bits per heavy atom. The number of hydrogen-bond acceptors (Lipinski definition) is 5. The standard InChI is InChI=1S/C18H20ClN3O5S/c1-11-8-9-14(22(24)25)10-17(11)21(28(4,26)27)13(3)18(23)20-16-7-5-6-15(19)12(16)2/h5-10,13H,1-4H3,(H,20,23)/t13-/m1/s1. The Labute approximate surface area is 168 Å². The molecule has 0 aromatic heterocycles. The van der Waals surface area contributed by atoms with Gasteiger partial charge in [-0.25, -0.2) is 8.42 Å². The van der Waals surface area contributed by atoms with Crippen molar-refractivity contribution in [3.05, 3.63) is 62.7 Å². The lowest BCUT2D eigenvalue weighted by Crippen LogP contribution is -2.45. The molecule has 2 aromatic rings. The smallest absolute Gasteiger partial charge is 0.271 e. The molecule has 8 nitrogen and oxygen atoms in total. The van der Waals surface area contributed by atoms with Crippen LogP contribution in [0.25, 0.3) is 0 Å². The zero-order valence-electron chi connectivity index (χ0n) is 15.8. The monoisotopic (exact) mass is 425 g/mol. The molecule has 0 heterocycles. The van der Waals surface area contributed by atoms with Gasteiger partial charge < -0.3 is 5.32 Å². The molecular formula is C18H20ClN3O5S. The third-order valence-electron chi connectivity index (χ3n) is 4.26. The lowest BCUT2D eigenvalue weighted by Gasteiger charge is -2.29. The van der Waals surface area contributed by atoms with Crippen molar-refractivity contribution in [2.75, 3.05) is 15.9 Å². The number of sulfonamides is 1. The van der Waals surface area contributed by atoms with Gasteiger partial charge in [0.05, 0.1) is 16.9 Å². The Balaban J connectivity index is 2.46. The summed E-state index contributed by atoms with van der Waals surface area (Å²) < 4.78 is 25.8. The molecule has 0 radical (unpaired) electrons. The van der Waals surface area contributed by atoms with Crippen molar-refractivity contribution < 1.29 is 18.1 Å². The molecule has 2 aromatic carbocycles. The van der Waals surface area contributed by atoms with Crippen LogP contribution in [0, 0.1) is 24.0 Å². The number of nitrogens with zero attached hydrogens (tertiary/aromatic N) is 2. The van der Waals surface area contributed by atoms with Gasteiger partial charge >= 0.3 is 0 Å². The highest BCUT2D eigenvalue weighted by Crippen LogP contribution is 2.30. The second-order valence-electron chi connectivity index (χ2n) is 6.36. The highest BCUT2D eigenvalue weighted by Gasteiger charge is 2.31. The molecule has 0 bridgehead atoms. The van der Waals surface area contributed by atoms with Crippen LogP contribution < -0.4 is 9.62 Å². The molecule has 0 spiro atoms. The van der Waals surface area contributed by atoms with Gasteiger partial charge in [0, 0.05) is 22.8 Å². The van der Waals surface area contributed by atoms with E-state index in [0.717, 1.165) is 16.6 Å². The van der Waals surface area contributed by atoms with Gasteiger partial charge in [0.1, 0.15) is 6.04 Å². The Kier molecular flexibility index (Phi) is 6.30. The van der Waals surface area contributed by atoms with Crippen LogP contribution in [0.4, 0.5) is 17.1 Å². The minimum atomic E-state index is -3.91. The number of carbonyl (C=O) groups is 1. The average molecular weight is 426 g/mol. The molecule has 2 rings (SSSR count). The normalized spacial score (nSPS) is 12.3. The Bertz CT molecular complexity index is 1040. The summed E-state index contributed by atoms with van der Waals surface area (Å²) in [6, 6.07) is 7.69. The number of halogens is 1. The quantitative estimate of drug-likeness (QED) is 0.561. The van der Waals surface area contributed by atoms with Crippen molar-refractivity contribution in [1.29, 1.82) is 0 Å². The molecule has 1 N–H and O–H groups in total. The van der Waals surface area contributed by atoms with Crippen LogP contribution in [-0.4, -0.2) is 31.5 Å². The van der Waals surface area contributed by atoms with E-state index in [0.29, 0.717) is 21.8 Å². The second-order valence-corrected chi connectivity index (χ2v) is 8.63. The number of aryl methyl sites for hydroxylation is 1. The molecule has 28 heavy (non-hydrogen) atoms. The number of nitro benzene ring substituents is 1. The van der Waals surface area contributed by atoms with Gasteiger partial charge in [0.15, 0.2) is 0 Å². The number of carbonyl (C=O) groups excluding carboxylic acids is 1. The van der Waals surface area contributed by atoms with Gasteiger partial charge in [-0.05, 0) is 44.0 Å². The first kappa shape index (κ1) is 21.6. The molecule has 0 unspecified atom stereocenters. The van der Waals surface area contributed by atoms with E-state index >= 15 is 0 Å². The van der Waals surface area contributed by atoms with E-state index in [2.05, 4.69) is 5.32 Å². The topological polar surface area (TPSA) is 110 Å². The maximum Gasteiger partial charge on any atom is 0.271 e. The maximum atomic E-state index is 12.8. The van der Waals surface area contributed by atoms with Gasteiger partial charge in [0.2, 0.25) is 15.9 Å². The molecule has 0 saturated heterocycles. The molecule has 0 saturated carbocycles. The number of anilines is 2. The third kappa shape index (κ3) is 4.60. The SMILES string of the molecule is Cc1ccc([N+](=O)[O-])cc1N([C@H](C)C(=O)Nc1cccc(Cl)c1C)S(C)(=O)=O. The summed E-state index contributed by atoms with van der Waals surface area (Å²) >= 11 is 6.05. The summed E-state index contributed by atoms with van der Waals surface area (Å²) in [5.74, 6) is -0.596. The van der Waals surface area contributed by atoms with Crippen LogP contribution in [-0.2, 0) is 14.8 Å². The fourth-order valence-corrected chi connectivity index (χ4v) is 4.11. The van der Waals surface area contributed by atoms with Crippen LogP contribution in [0.15, 0.2) is 36.4 Å². The molecule has 1 amide bonds. The first-order valence-corrected chi connectivity index (χ1v) is 10.5. The number of amides is 1. The molecule has 0 aliphatic heterocycles. The number of non-ortho nitro benzene ring substituents is 1. The van der Waals surface area contributed by atoms with E-state index in [1.165, 1.54) is 19.1 Å². The number of rotatable bonds is 6. The summed E-state index contributed by atoms with van der Waals surface area (Å²) in [6.07, 6.45) is 0.944. The van der Waals surface area contributed by atoms with Crippen molar-refractivity contribution in [3.8, 4) is 0 Å². The van der Waals surface area contributed by atoms with Gasteiger partial charge in [0.25, 0.3) is 5.69 Å². The van der Waals surface area contributed by atoms with E-state index in [1.54, 1.807) is 32.0 Å². The molecule has 1 atom stereocenters. The van der Waals surface area contributed by atoms with Gasteiger partial charge in [-0.2, -0.15) is 0 Å². The van der Waals surface area contributed by atoms with E-state index in [-0.39, 0.29) is 11.4 Å². The van der Waals surface area contributed by atoms with Crippen LogP contribution in [0.5, 0.6) is 0 Å². The molecular weight excluding hydrogens is 406 g/mol. The highest BCUT2D eigenvalue weighted by molar-refractivity contribution is 7.92. The van der Waals surface area contributed by atoms with Gasteiger partial charge in [-0.15, -0.1) is 0 Å². The first-order chi connectivity index (χ1) is 12.9. The van der Waals surface area contributed by atoms with E-state index in [1.807, 2.05) is 0 Å². The number of hydrogen-bond donors (Lipinski definition) is 1. The summed E-state index contributed by atoms with van der Waals surface area (Å²) in [7, 11) is -3.91. The van der Waals surface area contributed by atoms with Crippen molar-refractivity contribution in [1.82, 2.24) is 0 Å². The summed E-state index contributed by atoms with van der Waals surface area (Å²) in [5.41, 5.74) is 1.38. The first-order valence-electron chi connectivity index (χ1n) is 8.24. The Morgan fingerprint density at radius 2 is 1.89 bits per heavy atom. The van der Waals surface area contributed by atoms with Crippen LogP contribution >= 0.6 is 11.6 Å². The highest BCUT2D eigenvalue weighted by atomic mass is 35.5. The largest absolute Gasteiger partial charge is 0.324 e. The van der Waals surface area contributed by atoms with Crippen LogP contribution in [0.1, 0.15) is 18.1 Å². The molecule has 0 aliphatic carbocycles. The second kappa shape index (κ2) is 8.15. The Morgan fingerprint density at radius 3 is 2.46 bits per heavy atom. The molecule has 150 valence electrons. The van der Waals surface area contributed by atoms with Crippen molar-refractivity contribution in [3.63, 3.8) is 0 Å². The van der Waals surface area contributed by atoms with Gasteiger partial charge in [-0.1, -0.05) is 23.7 Å². The summed E-state index contributed by atoms with van der Waals surface area (Å²) in [4.78, 5) is 23.2. The fraction of sp³-hybridized carbons (Fsp3) is 0.278. The molecule has 0 fully saturated rings. The van der Waals surface area contributed by atoms with Gasteiger partial charge in [-0.3, -0.25) is 19.2 Å². The van der Waals surface area contributed by atoms with E-state index in [9.17, 15) is 23.3 Å². The number of nitrogens with one attached hydrogen (secondary N) is 1. The Hall–Kier alpha value is -2.65. The molecule has 0 aliphatic rings. The van der Waals surface area contributed by atoms with Crippen molar-refractivity contribution in [2.24, 2.45) is 0 Å². The lowest BCUT2D eigenvalue weighted by atomic mass is 10.1. The minimum Gasteiger partial charge on any atom is -0.324 e. The fourth-order valence-electron chi connectivity index (χ4n) is 2.71. The average Bonchev–Trinajstić information content (AvgIpc) is 2.59. The van der Waals surface area contributed by atoms with Crippen molar-refractivity contribution >= 4 is 44.6 Å². The lowest BCUT2D eigenvalue weighted by molar-refractivity contribution is -0.384. The molecule has 10 heteroatoms. The summed E-state index contributed by atoms with van der Waals surface area (Å²) in [6.45, 7) is 4.75. The zero-order valence-corrected chi connectivity index (χ0v) is 17.3. The van der Waals surface area contributed by atoms with E-state index in [4.69, 9.17) is 11.6 Å².